The molecule has 7 nitrogen and oxygen atoms in total. The first-order valence-electron chi connectivity index (χ1n) is 8.73. The average molecular weight is 368 g/mol. The number of anilines is 1. The highest BCUT2D eigenvalue weighted by molar-refractivity contribution is 7.12. The van der Waals surface area contributed by atoms with Gasteiger partial charge in [0.25, 0.3) is 5.91 Å². The lowest BCUT2D eigenvalue weighted by Gasteiger charge is -2.26. The summed E-state index contributed by atoms with van der Waals surface area (Å²) >= 11 is 1.37. The van der Waals surface area contributed by atoms with Gasteiger partial charge in [-0.15, -0.1) is 16.4 Å². The fraction of sp³-hybridized carbons (Fsp3) is 0.333. The Balaban J connectivity index is 1.47. The normalized spacial score (nSPS) is 15.1. The Morgan fingerprint density at radius 2 is 2.08 bits per heavy atom. The second-order valence-corrected chi connectivity index (χ2v) is 7.30. The zero-order valence-electron chi connectivity index (χ0n) is 14.3. The summed E-state index contributed by atoms with van der Waals surface area (Å²) in [5, 5.41) is 16.0. The molecule has 0 unspecified atom stereocenters. The van der Waals surface area contributed by atoms with E-state index in [-0.39, 0.29) is 5.91 Å². The third-order valence-corrected chi connectivity index (χ3v) is 5.39. The van der Waals surface area contributed by atoms with E-state index in [1.807, 2.05) is 23.6 Å². The van der Waals surface area contributed by atoms with Crippen LogP contribution in [-0.4, -0.2) is 44.1 Å². The Labute approximate surface area is 155 Å². The molecule has 0 radical (unpaired) electrons. The van der Waals surface area contributed by atoms with Gasteiger partial charge in [0.1, 0.15) is 11.2 Å². The molecule has 1 saturated heterocycles. The molecule has 26 heavy (non-hydrogen) atoms. The summed E-state index contributed by atoms with van der Waals surface area (Å²) in [7, 11) is 0. The first kappa shape index (κ1) is 16.9. The van der Waals surface area contributed by atoms with Crippen LogP contribution in [0.25, 0.3) is 5.69 Å². The number of carbonyl (C=O) groups excluding carboxylic acids is 1. The predicted molar refractivity (Wildman–Crippen MR) is 101 cm³/mol. The minimum Gasteiger partial charge on any atom is -0.321 e. The lowest BCUT2D eigenvalue weighted by atomic mass is 10.1. The summed E-state index contributed by atoms with van der Waals surface area (Å²) in [6.07, 6.45) is 5.36. The van der Waals surface area contributed by atoms with Crippen molar-refractivity contribution in [3.05, 3.63) is 52.5 Å². The van der Waals surface area contributed by atoms with Crippen molar-refractivity contribution in [2.75, 3.05) is 18.4 Å². The molecule has 8 heteroatoms. The van der Waals surface area contributed by atoms with Crippen molar-refractivity contribution >= 4 is 22.9 Å². The van der Waals surface area contributed by atoms with E-state index in [9.17, 15) is 4.79 Å². The molecule has 1 N–H and O–H groups in total. The molecule has 2 aromatic heterocycles. The minimum absolute atomic E-state index is 0.152. The molecule has 0 bridgehead atoms. The molecule has 1 aromatic carbocycles. The zero-order valence-corrected chi connectivity index (χ0v) is 15.2. The molecule has 3 aromatic rings. The maximum atomic E-state index is 12.7. The number of nitrogens with one attached hydrogen (secondary N) is 1. The van der Waals surface area contributed by atoms with Crippen LogP contribution in [0.4, 0.5) is 5.69 Å². The number of carbonyl (C=O) groups is 1. The Morgan fingerprint density at radius 1 is 1.19 bits per heavy atom. The molecule has 3 heterocycles. The molecular formula is C18H20N6OS. The highest BCUT2D eigenvalue weighted by Gasteiger charge is 2.16. The molecule has 1 aliphatic heterocycles. The van der Waals surface area contributed by atoms with Crippen LogP contribution in [0.3, 0.4) is 0 Å². The Kier molecular flexibility index (Phi) is 5.03. The Bertz CT molecular complexity index is 869. The standard InChI is InChI=1S/C18H20N6OS/c25-18(17-16(7-10-26-17)24-13-19-21-22-24)20-15-6-4-5-14(11-15)12-23-8-2-1-3-9-23/h4-7,10-11,13H,1-3,8-9,12H2,(H,20,25). The summed E-state index contributed by atoms with van der Waals surface area (Å²) in [5.74, 6) is -0.152. The number of aromatic nitrogens is 4. The zero-order chi connectivity index (χ0) is 17.8. The number of hydrogen-bond acceptors (Lipinski definition) is 6. The number of thiophene rings is 1. The average Bonchev–Trinajstić information content (AvgIpc) is 3.34. The van der Waals surface area contributed by atoms with Gasteiger partial charge in [-0.2, -0.15) is 4.68 Å². The largest absolute Gasteiger partial charge is 0.321 e. The van der Waals surface area contributed by atoms with E-state index in [0.29, 0.717) is 10.6 Å². The van der Waals surface area contributed by atoms with Gasteiger partial charge in [-0.3, -0.25) is 9.69 Å². The van der Waals surface area contributed by atoms with Gasteiger partial charge in [0, 0.05) is 12.2 Å². The van der Waals surface area contributed by atoms with Gasteiger partial charge in [0.2, 0.25) is 0 Å². The van der Waals surface area contributed by atoms with Crippen molar-refractivity contribution in [1.82, 2.24) is 25.1 Å². The van der Waals surface area contributed by atoms with Crippen molar-refractivity contribution in [2.24, 2.45) is 0 Å². The topological polar surface area (TPSA) is 75.9 Å². The third-order valence-electron chi connectivity index (χ3n) is 4.49. The number of benzene rings is 1. The van der Waals surface area contributed by atoms with Crippen LogP contribution in [0.2, 0.25) is 0 Å². The monoisotopic (exact) mass is 368 g/mol. The maximum absolute atomic E-state index is 12.7. The number of piperidine rings is 1. The highest BCUT2D eigenvalue weighted by atomic mass is 32.1. The molecule has 0 spiro atoms. The number of likely N-dealkylation sites (tertiary alicyclic amines) is 1. The molecule has 0 atom stereocenters. The van der Waals surface area contributed by atoms with Crippen LogP contribution < -0.4 is 5.32 Å². The number of rotatable bonds is 5. The maximum Gasteiger partial charge on any atom is 0.267 e. The van der Waals surface area contributed by atoms with Crippen LogP contribution in [0, 0.1) is 0 Å². The molecule has 0 aliphatic carbocycles. The lowest BCUT2D eigenvalue weighted by Crippen LogP contribution is -2.29. The van der Waals surface area contributed by atoms with Gasteiger partial charge in [-0.05, 0) is 65.5 Å². The summed E-state index contributed by atoms with van der Waals surface area (Å²) in [5.41, 5.74) is 2.71. The van der Waals surface area contributed by atoms with E-state index in [1.54, 1.807) is 0 Å². The van der Waals surface area contributed by atoms with E-state index in [0.717, 1.165) is 25.3 Å². The van der Waals surface area contributed by atoms with Crippen molar-refractivity contribution < 1.29 is 4.79 Å². The summed E-state index contributed by atoms with van der Waals surface area (Å²) in [4.78, 5) is 15.8. The molecule has 4 rings (SSSR count). The summed E-state index contributed by atoms with van der Waals surface area (Å²) in [6, 6.07) is 9.91. The van der Waals surface area contributed by atoms with Gasteiger partial charge in [-0.1, -0.05) is 18.6 Å². The van der Waals surface area contributed by atoms with Gasteiger partial charge in [-0.25, -0.2) is 0 Å². The minimum atomic E-state index is -0.152. The van der Waals surface area contributed by atoms with Gasteiger partial charge in [0.05, 0.1) is 5.69 Å². The second kappa shape index (κ2) is 7.76. The predicted octanol–water partition coefficient (Wildman–Crippen LogP) is 2.96. The Hall–Kier alpha value is -2.58. The van der Waals surface area contributed by atoms with Crippen LogP contribution in [0.1, 0.15) is 34.5 Å². The first-order valence-corrected chi connectivity index (χ1v) is 9.61. The first-order chi connectivity index (χ1) is 12.8. The van der Waals surface area contributed by atoms with E-state index >= 15 is 0 Å². The van der Waals surface area contributed by atoms with Crippen LogP contribution in [0.5, 0.6) is 0 Å². The molecule has 134 valence electrons. The molecular weight excluding hydrogens is 348 g/mol. The SMILES string of the molecule is O=C(Nc1cccc(CN2CCCCC2)c1)c1sccc1-n1cnnn1. The number of amides is 1. The highest BCUT2D eigenvalue weighted by Crippen LogP contribution is 2.22. The Morgan fingerprint density at radius 3 is 2.88 bits per heavy atom. The van der Waals surface area contributed by atoms with Crippen LogP contribution >= 0.6 is 11.3 Å². The molecule has 0 saturated carbocycles. The van der Waals surface area contributed by atoms with Crippen molar-refractivity contribution in [2.45, 2.75) is 25.8 Å². The van der Waals surface area contributed by atoms with E-state index in [4.69, 9.17) is 0 Å². The number of tetrazole rings is 1. The molecule has 1 fully saturated rings. The lowest BCUT2D eigenvalue weighted by molar-refractivity contribution is 0.103. The van der Waals surface area contributed by atoms with Gasteiger partial charge in [0.15, 0.2) is 0 Å². The fourth-order valence-corrected chi connectivity index (χ4v) is 4.01. The molecule has 1 amide bonds. The van der Waals surface area contributed by atoms with Crippen molar-refractivity contribution in [3.63, 3.8) is 0 Å². The fourth-order valence-electron chi connectivity index (χ4n) is 3.24. The van der Waals surface area contributed by atoms with E-state index in [1.165, 1.54) is 47.2 Å². The number of hydrogen-bond donors (Lipinski definition) is 1. The van der Waals surface area contributed by atoms with E-state index in [2.05, 4.69) is 37.9 Å². The van der Waals surface area contributed by atoms with Crippen molar-refractivity contribution in [3.8, 4) is 5.69 Å². The molecule has 1 aliphatic rings. The van der Waals surface area contributed by atoms with Crippen LogP contribution in [0.15, 0.2) is 42.0 Å². The third kappa shape index (κ3) is 3.81. The van der Waals surface area contributed by atoms with E-state index < -0.39 is 0 Å². The summed E-state index contributed by atoms with van der Waals surface area (Å²) < 4.78 is 1.50. The van der Waals surface area contributed by atoms with Gasteiger partial charge >= 0.3 is 0 Å². The summed E-state index contributed by atoms with van der Waals surface area (Å²) in [6.45, 7) is 3.24. The van der Waals surface area contributed by atoms with Gasteiger partial charge < -0.3 is 5.32 Å². The van der Waals surface area contributed by atoms with Crippen molar-refractivity contribution in [1.29, 1.82) is 0 Å². The van der Waals surface area contributed by atoms with Crippen LogP contribution in [-0.2, 0) is 6.54 Å². The number of nitrogens with zero attached hydrogens (tertiary/aromatic N) is 5. The quantitative estimate of drug-likeness (QED) is 0.749. The second-order valence-electron chi connectivity index (χ2n) is 6.38. The smallest absolute Gasteiger partial charge is 0.267 e.